The van der Waals surface area contributed by atoms with E-state index in [1.165, 1.54) is 30.5 Å². The molecule has 0 bridgehead atoms. The average molecular weight is 407 g/mol. The number of aromatic nitrogens is 1. The summed E-state index contributed by atoms with van der Waals surface area (Å²) in [5.74, 6) is -1.29. The van der Waals surface area contributed by atoms with E-state index in [1.54, 1.807) is 23.6 Å². The van der Waals surface area contributed by atoms with Gasteiger partial charge in [0.25, 0.3) is 15.9 Å². The van der Waals surface area contributed by atoms with Gasteiger partial charge in [0, 0.05) is 6.07 Å². The van der Waals surface area contributed by atoms with Crippen molar-refractivity contribution in [2.45, 2.75) is 4.21 Å². The second kappa shape index (κ2) is 8.01. The van der Waals surface area contributed by atoms with Crippen LogP contribution >= 0.6 is 11.3 Å². The maximum Gasteiger partial charge on any atom is 0.340 e. The first-order valence-electron chi connectivity index (χ1n) is 7.48. The number of thiophene rings is 1. The molecule has 27 heavy (non-hydrogen) atoms. The number of carbonyl (C=O) groups is 2. The summed E-state index contributed by atoms with van der Waals surface area (Å²) in [7, 11) is -3.83. The standard InChI is InChI=1S/C16H13N3O6S2/c20-14(17-13-7-8-25-18-13)10-24-16(21)11-4-1-2-5-12(11)19-27(22,23)15-6-3-9-26-15/h1-9,19H,10H2,(H,17,18,20). The molecule has 3 rings (SSSR count). The molecule has 140 valence electrons. The Balaban J connectivity index is 1.68. The fourth-order valence-electron chi connectivity index (χ4n) is 2.03. The van der Waals surface area contributed by atoms with Crippen LogP contribution in [0.3, 0.4) is 0 Å². The molecule has 0 atom stereocenters. The summed E-state index contributed by atoms with van der Waals surface area (Å²) >= 11 is 1.05. The molecule has 11 heteroatoms. The first-order valence-corrected chi connectivity index (χ1v) is 9.85. The van der Waals surface area contributed by atoms with E-state index < -0.39 is 28.5 Å². The molecule has 2 N–H and O–H groups in total. The molecular formula is C16H13N3O6S2. The molecule has 2 heterocycles. The molecule has 0 radical (unpaired) electrons. The van der Waals surface area contributed by atoms with Crippen LogP contribution in [0.15, 0.2) is 62.8 Å². The molecule has 0 aliphatic carbocycles. The third-order valence-electron chi connectivity index (χ3n) is 3.19. The van der Waals surface area contributed by atoms with Gasteiger partial charge in [-0.1, -0.05) is 23.4 Å². The Morgan fingerprint density at radius 3 is 2.67 bits per heavy atom. The lowest BCUT2D eigenvalue weighted by Gasteiger charge is -2.11. The number of esters is 1. The lowest BCUT2D eigenvalue weighted by Crippen LogP contribution is -2.22. The van der Waals surface area contributed by atoms with E-state index in [4.69, 9.17) is 4.74 Å². The predicted octanol–water partition coefficient (Wildman–Crippen LogP) is 2.33. The Bertz CT molecular complexity index is 1030. The minimum Gasteiger partial charge on any atom is -0.452 e. The van der Waals surface area contributed by atoms with Crippen molar-refractivity contribution < 1.29 is 27.3 Å². The Hall–Kier alpha value is -3.18. The zero-order valence-corrected chi connectivity index (χ0v) is 15.2. The molecule has 0 aliphatic rings. The molecule has 0 aliphatic heterocycles. The quantitative estimate of drug-likeness (QED) is 0.575. The van der Waals surface area contributed by atoms with Gasteiger partial charge >= 0.3 is 5.97 Å². The number of benzene rings is 1. The van der Waals surface area contributed by atoms with Crippen LogP contribution < -0.4 is 10.0 Å². The maximum absolute atomic E-state index is 12.3. The minimum atomic E-state index is -3.83. The number of ether oxygens (including phenoxy) is 1. The van der Waals surface area contributed by atoms with Crippen LogP contribution in [0, 0.1) is 0 Å². The van der Waals surface area contributed by atoms with E-state index in [2.05, 4.69) is 19.7 Å². The molecule has 0 unspecified atom stereocenters. The highest BCUT2D eigenvalue weighted by molar-refractivity contribution is 7.94. The van der Waals surface area contributed by atoms with Gasteiger partial charge in [0.05, 0.1) is 11.3 Å². The van der Waals surface area contributed by atoms with Crippen molar-refractivity contribution in [1.82, 2.24) is 5.16 Å². The van der Waals surface area contributed by atoms with Gasteiger partial charge in [0.15, 0.2) is 12.4 Å². The van der Waals surface area contributed by atoms with Crippen molar-refractivity contribution in [3.05, 3.63) is 59.7 Å². The van der Waals surface area contributed by atoms with Crippen molar-refractivity contribution in [2.75, 3.05) is 16.6 Å². The Morgan fingerprint density at radius 2 is 1.96 bits per heavy atom. The van der Waals surface area contributed by atoms with Gasteiger partial charge in [-0.2, -0.15) is 0 Å². The lowest BCUT2D eigenvalue weighted by molar-refractivity contribution is -0.119. The molecule has 1 amide bonds. The van der Waals surface area contributed by atoms with Gasteiger partial charge in [0.1, 0.15) is 10.5 Å². The number of nitrogens with zero attached hydrogens (tertiary/aromatic N) is 1. The van der Waals surface area contributed by atoms with Gasteiger partial charge in [0.2, 0.25) is 0 Å². The Kier molecular flexibility index (Phi) is 5.52. The molecule has 9 nitrogen and oxygen atoms in total. The van der Waals surface area contributed by atoms with Crippen LogP contribution in [0.5, 0.6) is 0 Å². The molecule has 1 aromatic carbocycles. The highest BCUT2D eigenvalue weighted by Gasteiger charge is 2.20. The molecule has 0 spiro atoms. The van der Waals surface area contributed by atoms with Gasteiger partial charge in [-0.15, -0.1) is 11.3 Å². The SMILES string of the molecule is O=C(COC(=O)c1ccccc1NS(=O)(=O)c1cccs1)Nc1ccon1. The minimum absolute atomic E-state index is 0.0214. The third-order valence-corrected chi connectivity index (χ3v) is 5.95. The van der Waals surface area contributed by atoms with Crippen molar-refractivity contribution >= 4 is 44.7 Å². The molecule has 3 aromatic rings. The Labute approximate surface area is 158 Å². The second-order valence-corrected chi connectivity index (χ2v) is 7.95. The second-order valence-electron chi connectivity index (χ2n) is 5.09. The summed E-state index contributed by atoms with van der Waals surface area (Å²) in [6.07, 6.45) is 1.28. The number of anilines is 2. The normalized spacial score (nSPS) is 11.0. The summed E-state index contributed by atoms with van der Waals surface area (Å²) in [6, 6.07) is 10.4. The molecule has 0 fully saturated rings. The molecule has 0 saturated heterocycles. The number of amides is 1. The number of nitrogens with one attached hydrogen (secondary N) is 2. The van der Waals surface area contributed by atoms with Gasteiger partial charge in [-0.25, -0.2) is 13.2 Å². The van der Waals surface area contributed by atoms with Crippen LogP contribution in [-0.4, -0.2) is 32.1 Å². The fourth-order valence-corrected chi connectivity index (χ4v) is 4.10. The summed E-state index contributed by atoms with van der Waals surface area (Å²) in [6.45, 7) is -0.572. The number of para-hydroxylation sites is 1. The summed E-state index contributed by atoms with van der Waals surface area (Å²) < 4.78 is 36.7. The van der Waals surface area contributed by atoms with E-state index in [9.17, 15) is 18.0 Å². The van der Waals surface area contributed by atoms with Crippen molar-refractivity contribution in [1.29, 1.82) is 0 Å². The summed E-state index contributed by atoms with van der Waals surface area (Å²) in [5.41, 5.74) is 0.0275. The van der Waals surface area contributed by atoms with Crippen LogP contribution in [0.4, 0.5) is 11.5 Å². The van der Waals surface area contributed by atoms with Crippen LogP contribution in [0.2, 0.25) is 0 Å². The number of hydrogen-bond donors (Lipinski definition) is 2. The predicted molar refractivity (Wildman–Crippen MR) is 97.0 cm³/mol. The zero-order chi connectivity index (χ0) is 19.3. The van der Waals surface area contributed by atoms with E-state index in [1.807, 2.05) is 0 Å². The summed E-state index contributed by atoms with van der Waals surface area (Å²) in [4.78, 5) is 24.0. The zero-order valence-electron chi connectivity index (χ0n) is 13.6. The molecule has 2 aromatic heterocycles. The first kappa shape index (κ1) is 18.6. The van der Waals surface area contributed by atoms with E-state index in [-0.39, 0.29) is 21.3 Å². The molecular weight excluding hydrogens is 394 g/mol. The largest absolute Gasteiger partial charge is 0.452 e. The van der Waals surface area contributed by atoms with Crippen molar-refractivity contribution in [2.24, 2.45) is 0 Å². The lowest BCUT2D eigenvalue weighted by atomic mass is 10.2. The highest BCUT2D eigenvalue weighted by atomic mass is 32.2. The van der Waals surface area contributed by atoms with Gasteiger partial charge in [-0.05, 0) is 23.6 Å². The van der Waals surface area contributed by atoms with Crippen LogP contribution in [0.25, 0.3) is 0 Å². The monoisotopic (exact) mass is 407 g/mol. The highest BCUT2D eigenvalue weighted by Crippen LogP contribution is 2.23. The average Bonchev–Trinajstić information content (AvgIpc) is 3.34. The van der Waals surface area contributed by atoms with Crippen molar-refractivity contribution in [3.63, 3.8) is 0 Å². The van der Waals surface area contributed by atoms with E-state index >= 15 is 0 Å². The number of sulfonamides is 1. The smallest absolute Gasteiger partial charge is 0.340 e. The van der Waals surface area contributed by atoms with Gasteiger partial charge < -0.3 is 14.6 Å². The van der Waals surface area contributed by atoms with Gasteiger partial charge in [-0.3, -0.25) is 9.52 Å². The maximum atomic E-state index is 12.3. The Morgan fingerprint density at radius 1 is 1.15 bits per heavy atom. The van der Waals surface area contributed by atoms with Crippen LogP contribution in [0.1, 0.15) is 10.4 Å². The fraction of sp³-hybridized carbons (Fsp3) is 0.0625. The number of hydrogen-bond acceptors (Lipinski definition) is 8. The summed E-state index contributed by atoms with van der Waals surface area (Å²) in [5, 5.41) is 7.49. The first-order chi connectivity index (χ1) is 13.0. The third kappa shape index (κ3) is 4.71. The van der Waals surface area contributed by atoms with E-state index in [0.29, 0.717) is 0 Å². The van der Waals surface area contributed by atoms with Crippen molar-refractivity contribution in [3.8, 4) is 0 Å². The van der Waals surface area contributed by atoms with Crippen LogP contribution in [-0.2, 0) is 19.6 Å². The van der Waals surface area contributed by atoms with E-state index in [0.717, 1.165) is 11.3 Å². The number of rotatable bonds is 7. The number of carbonyl (C=O) groups excluding carboxylic acids is 2. The molecule has 0 saturated carbocycles. The topological polar surface area (TPSA) is 128 Å².